The van der Waals surface area contributed by atoms with Gasteiger partial charge < -0.3 is 10.1 Å². The molecule has 0 unspecified atom stereocenters. The summed E-state index contributed by atoms with van der Waals surface area (Å²) in [7, 11) is 0. The van der Waals surface area contributed by atoms with Crippen molar-refractivity contribution >= 4 is 16.8 Å². The number of fused-ring (bicyclic) bond motifs is 1. The minimum atomic E-state index is -0.124. The Hall–Kier alpha value is -3.15. The van der Waals surface area contributed by atoms with Gasteiger partial charge in [0.15, 0.2) is 0 Å². The Morgan fingerprint density at radius 2 is 2.04 bits per heavy atom. The van der Waals surface area contributed by atoms with Crippen LogP contribution < -0.4 is 15.6 Å². The molecule has 0 fully saturated rings. The molecule has 27 heavy (non-hydrogen) atoms. The van der Waals surface area contributed by atoms with E-state index in [4.69, 9.17) is 4.74 Å². The van der Waals surface area contributed by atoms with Gasteiger partial charge in [0.1, 0.15) is 5.75 Å². The monoisotopic (exact) mass is 365 g/mol. The number of benzene rings is 2. The van der Waals surface area contributed by atoms with E-state index < -0.39 is 0 Å². The third-order valence-electron chi connectivity index (χ3n) is 4.33. The van der Waals surface area contributed by atoms with E-state index in [9.17, 15) is 9.59 Å². The zero-order valence-corrected chi connectivity index (χ0v) is 15.6. The van der Waals surface area contributed by atoms with Gasteiger partial charge >= 0.3 is 0 Å². The first kappa shape index (κ1) is 18.6. The highest BCUT2D eigenvalue weighted by Crippen LogP contribution is 2.13. The van der Waals surface area contributed by atoms with Crippen LogP contribution in [0.3, 0.4) is 0 Å². The lowest BCUT2D eigenvalue weighted by atomic mass is 10.1. The van der Waals surface area contributed by atoms with Crippen LogP contribution in [0.1, 0.15) is 24.5 Å². The van der Waals surface area contributed by atoms with Crippen molar-refractivity contribution in [3.8, 4) is 5.75 Å². The maximum atomic E-state index is 12.5. The molecule has 0 saturated carbocycles. The first-order chi connectivity index (χ1) is 13.1. The fraction of sp³-hybridized carbons (Fsp3) is 0.286. The molecule has 0 saturated heterocycles. The summed E-state index contributed by atoms with van der Waals surface area (Å²) in [6.45, 7) is 5.17. The van der Waals surface area contributed by atoms with Gasteiger partial charge in [-0.2, -0.15) is 0 Å². The van der Waals surface area contributed by atoms with Gasteiger partial charge in [-0.1, -0.05) is 24.3 Å². The number of amides is 1. The Morgan fingerprint density at radius 1 is 1.22 bits per heavy atom. The van der Waals surface area contributed by atoms with Crippen molar-refractivity contribution in [1.82, 2.24) is 14.9 Å². The summed E-state index contributed by atoms with van der Waals surface area (Å²) in [5.41, 5.74) is 2.51. The molecule has 6 nitrogen and oxygen atoms in total. The quantitative estimate of drug-likeness (QED) is 0.699. The molecule has 1 N–H and O–H groups in total. The molecule has 2 aromatic carbocycles. The summed E-state index contributed by atoms with van der Waals surface area (Å²) in [4.78, 5) is 29.1. The minimum Gasteiger partial charge on any atom is -0.494 e. The summed E-state index contributed by atoms with van der Waals surface area (Å²) < 4.78 is 6.94. The van der Waals surface area contributed by atoms with E-state index in [2.05, 4.69) is 10.3 Å². The van der Waals surface area contributed by atoms with Crippen LogP contribution in [0.25, 0.3) is 10.9 Å². The molecule has 0 spiro atoms. The van der Waals surface area contributed by atoms with Crippen LogP contribution in [0.2, 0.25) is 0 Å². The van der Waals surface area contributed by atoms with Crippen LogP contribution in [0.5, 0.6) is 5.75 Å². The van der Waals surface area contributed by atoms with Crippen molar-refractivity contribution in [2.24, 2.45) is 0 Å². The van der Waals surface area contributed by atoms with Gasteiger partial charge in [0.25, 0.3) is 5.56 Å². The minimum absolute atomic E-state index is 0.118. The summed E-state index contributed by atoms with van der Waals surface area (Å²) in [5.74, 6) is 0.668. The van der Waals surface area contributed by atoms with E-state index in [0.29, 0.717) is 30.6 Å². The number of ether oxygens (including phenoxy) is 1. The molecule has 140 valence electrons. The summed E-state index contributed by atoms with van der Waals surface area (Å²) in [6.07, 6.45) is 1.72. The van der Waals surface area contributed by atoms with Gasteiger partial charge in [-0.25, -0.2) is 4.98 Å². The SMILES string of the molecule is CCOc1cccc(CNC(=O)CCn2cnc3c(C)cccc3c2=O)c1. The van der Waals surface area contributed by atoms with E-state index in [1.807, 2.05) is 50.2 Å². The highest BCUT2D eigenvalue weighted by molar-refractivity contribution is 5.80. The van der Waals surface area contributed by atoms with Crippen molar-refractivity contribution in [2.75, 3.05) is 6.61 Å². The van der Waals surface area contributed by atoms with Crippen molar-refractivity contribution in [3.63, 3.8) is 0 Å². The Balaban J connectivity index is 1.59. The number of hydrogen-bond acceptors (Lipinski definition) is 4. The largest absolute Gasteiger partial charge is 0.494 e. The molecule has 0 aliphatic heterocycles. The topological polar surface area (TPSA) is 73.2 Å². The zero-order chi connectivity index (χ0) is 19.2. The third kappa shape index (κ3) is 4.53. The van der Waals surface area contributed by atoms with E-state index in [0.717, 1.165) is 16.9 Å². The number of aryl methyl sites for hydroxylation is 2. The number of carbonyl (C=O) groups is 1. The molecule has 6 heteroatoms. The van der Waals surface area contributed by atoms with Crippen LogP contribution >= 0.6 is 0 Å². The Morgan fingerprint density at radius 3 is 2.85 bits per heavy atom. The lowest BCUT2D eigenvalue weighted by Crippen LogP contribution is -2.27. The summed E-state index contributed by atoms with van der Waals surface area (Å²) >= 11 is 0. The Bertz CT molecular complexity index is 1010. The van der Waals surface area contributed by atoms with Gasteiger partial charge in [-0.3, -0.25) is 14.2 Å². The Labute approximate surface area is 157 Å². The number of aromatic nitrogens is 2. The van der Waals surface area contributed by atoms with Gasteiger partial charge in [-0.05, 0) is 43.2 Å². The molecule has 0 atom stereocenters. The molecule has 0 radical (unpaired) electrons. The first-order valence-corrected chi connectivity index (χ1v) is 9.01. The predicted molar refractivity (Wildman–Crippen MR) is 105 cm³/mol. The van der Waals surface area contributed by atoms with Crippen molar-refractivity contribution < 1.29 is 9.53 Å². The van der Waals surface area contributed by atoms with Gasteiger partial charge in [-0.15, -0.1) is 0 Å². The van der Waals surface area contributed by atoms with Crippen molar-refractivity contribution in [3.05, 3.63) is 70.3 Å². The fourth-order valence-corrected chi connectivity index (χ4v) is 2.92. The standard InChI is InChI=1S/C21H23N3O3/c1-3-27-17-8-5-7-16(12-17)13-22-19(25)10-11-24-14-23-20-15(2)6-4-9-18(20)21(24)26/h4-9,12,14H,3,10-11,13H2,1-2H3,(H,22,25). The molecule has 1 heterocycles. The average molecular weight is 365 g/mol. The number of hydrogen-bond donors (Lipinski definition) is 1. The number of carbonyl (C=O) groups excluding carboxylic acids is 1. The lowest BCUT2D eigenvalue weighted by Gasteiger charge is -2.09. The molecule has 3 rings (SSSR count). The zero-order valence-electron chi connectivity index (χ0n) is 15.6. The molecular weight excluding hydrogens is 342 g/mol. The molecule has 1 aromatic heterocycles. The number of nitrogens with zero attached hydrogens (tertiary/aromatic N) is 2. The third-order valence-corrected chi connectivity index (χ3v) is 4.33. The summed E-state index contributed by atoms with van der Waals surface area (Å²) in [6, 6.07) is 13.2. The van der Waals surface area contributed by atoms with Crippen molar-refractivity contribution in [2.45, 2.75) is 33.4 Å². The van der Waals surface area contributed by atoms with Crippen LogP contribution in [-0.4, -0.2) is 22.1 Å². The second kappa shape index (κ2) is 8.49. The number of rotatable bonds is 7. The second-order valence-corrected chi connectivity index (χ2v) is 6.32. The Kier molecular flexibility index (Phi) is 5.86. The molecule has 0 aliphatic rings. The number of nitrogens with one attached hydrogen (secondary N) is 1. The van der Waals surface area contributed by atoms with Gasteiger partial charge in [0.05, 0.1) is 23.8 Å². The van der Waals surface area contributed by atoms with Crippen LogP contribution in [0, 0.1) is 6.92 Å². The summed E-state index contributed by atoms with van der Waals surface area (Å²) in [5, 5.41) is 3.45. The van der Waals surface area contributed by atoms with Crippen molar-refractivity contribution in [1.29, 1.82) is 0 Å². The maximum Gasteiger partial charge on any atom is 0.261 e. The average Bonchev–Trinajstić information content (AvgIpc) is 2.67. The number of para-hydroxylation sites is 1. The highest BCUT2D eigenvalue weighted by atomic mass is 16.5. The van der Waals surface area contributed by atoms with E-state index >= 15 is 0 Å². The highest BCUT2D eigenvalue weighted by Gasteiger charge is 2.08. The van der Waals surface area contributed by atoms with Gasteiger partial charge in [0, 0.05) is 19.5 Å². The molecule has 0 aliphatic carbocycles. The molecule has 0 bridgehead atoms. The molecular formula is C21H23N3O3. The smallest absolute Gasteiger partial charge is 0.261 e. The maximum absolute atomic E-state index is 12.5. The van der Waals surface area contributed by atoms with Crippen LogP contribution in [-0.2, 0) is 17.9 Å². The predicted octanol–water partition coefficient (Wildman–Crippen LogP) is 2.81. The van der Waals surface area contributed by atoms with E-state index in [-0.39, 0.29) is 17.9 Å². The van der Waals surface area contributed by atoms with E-state index in [1.165, 1.54) is 10.9 Å². The van der Waals surface area contributed by atoms with Crippen LogP contribution in [0.15, 0.2) is 53.6 Å². The first-order valence-electron chi connectivity index (χ1n) is 9.01. The second-order valence-electron chi connectivity index (χ2n) is 6.32. The van der Waals surface area contributed by atoms with E-state index in [1.54, 1.807) is 6.07 Å². The lowest BCUT2D eigenvalue weighted by molar-refractivity contribution is -0.121. The van der Waals surface area contributed by atoms with Gasteiger partial charge in [0.2, 0.25) is 5.91 Å². The normalized spacial score (nSPS) is 10.7. The molecule has 3 aromatic rings. The fourth-order valence-electron chi connectivity index (χ4n) is 2.92. The molecule has 1 amide bonds. The van der Waals surface area contributed by atoms with Crippen LogP contribution in [0.4, 0.5) is 0 Å².